The molecule has 2 unspecified atom stereocenters. The monoisotopic (exact) mass is 989 g/mol. The number of anilines is 1. The van der Waals surface area contributed by atoms with Crippen molar-refractivity contribution in [3.63, 3.8) is 0 Å². The van der Waals surface area contributed by atoms with Gasteiger partial charge in [-0.3, -0.25) is 27.7 Å². The number of thioether (sulfide) groups is 1. The summed E-state index contributed by atoms with van der Waals surface area (Å²) in [7, 11) is -16.3. The van der Waals surface area contributed by atoms with E-state index in [0.29, 0.717) is 6.54 Å². The number of unbranched alkanes of at least 4 members (excludes halogenated alkanes) is 10. The van der Waals surface area contributed by atoms with Crippen molar-refractivity contribution in [1.82, 2.24) is 30.2 Å². The Morgan fingerprint density at radius 1 is 0.922 bits per heavy atom. The molecule has 0 bridgehead atoms. The molecule has 27 heteroatoms. The number of nitrogen functional groups attached to an aromatic ring is 1. The maximum absolute atomic E-state index is 12.7. The Morgan fingerprint density at radius 3 is 2.23 bits per heavy atom. The quantitative estimate of drug-likeness (QED) is 0.0272. The largest absolute Gasteiger partial charge is 0.481 e. The minimum absolute atomic E-state index is 0.0327. The number of imidazole rings is 1. The van der Waals surface area contributed by atoms with Gasteiger partial charge in [-0.15, -0.1) is 0 Å². The van der Waals surface area contributed by atoms with Crippen LogP contribution in [0.2, 0.25) is 0 Å². The van der Waals surface area contributed by atoms with E-state index in [1.807, 2.05) is 0 Å². The Hall–Kier alpha value is -2.37. The molecule has 1 aliphatic heterocycles. The number of allylic oxidation sites excluding steroid dienone is 2. The van der Waals surface area contributed by atoms with Gasteiger partial charge in [0, 0.05) is 30.7 Å². The van der Waals surface area contributed by atoms with Gasteiger partial charge >= 0.3 is 23.5 Å². The zero-order valence-corrected chi connectivity index (χ0v) is 40.0. The van der Waals surface area contributed by atoms with Crippen molar-refractivity contribution < 1.29 is 75.7 Å². The fraction of sp³-hybridized carbons (Fsp3) is 0.757. The molecular weight excluding hydrogens is 923 g/mol. The van der Waals surface area contributed by atoms with Crippen LogP contribution in [0.15, 0.2) is 24.8 Å². The molecule has 64 heavy (non-hydrogen) atoms. The Kier molecular flexibility index (Phi) is 24.0. The van der Waals surface area contributed by atoms with E-state index in [1.165, 1.54) is 78.1 Å². The Labute approximate surface area is 377 Å². The molecule has 2 amide bonds. The summed E-state index contributed by atoms with van der Waals surface area (Å²) in [5.74, 6) is 0.506. The highest BCUT2D eigenvalue weighted by molar-refractivity contribution is 7.99. The lowest BCUT2D eigenvalue weighted by Gasteiger charge is -2.30. The van der Waals surface area contributed by atoms with Crippen LogP contribution in [0.5, 0.6) is 0 Å². The molecule has 0 aliphatic carbocycles. The molecule has 3 rings (SSSR count). The standard InChI is InChI=1S/C37H66N7O16P3S/c1-4-5-6-7-8-9-10-11-12-13-14-15-16-17-21-64-22-20-39-28(45)18-19-40-35(48)32(47)37(2,3)24-57-63(54,55)60-62(52,53)56-23-27-31(59-61(49,50)51)30(46)36(58-27)44-26-43-29-33(38)41-25-42-34(29)44/h9-10,25-27,30-32,36,46-47H,4-8,11-24H2,1-3H3,(H,39,45)(H,40,48)(H,52,53)(H,54,55)(H2,38,41,42)(H2,49,50,51)/b10-9-/t27-,30-,31-,32+,36-/m1/s1. The maximum atomic E-state index is 12.7. The molecule has 2 aromatic rings. The fourth-order valence-electron chi connectivity index (χ4n) is 6.40. The predicted molar refractivity (Wildman–Crippen MR) is 237 cm³/mol. The van der Waals surface area contributed by atoms with Crippen LogP contribution in [0.1, 0.15) is 110 Å². The first kappa shape index (κ1) is 56.0. The van der Waals surface area contributed by atoms with E-state index in [0.717, 1.165) is 41.6 Å². The van der Waals surface area contributed by atoms with E-state index < -0.39 is 78.6 Å². The van der Waals surface area contributed by atoms with Gasteiger partial charge in [0.25, 0.3) is 0 Å². The van der Waals surface area contributed by atoms with Gasteiger partial charge < -0.3 is 50.9 Å². The van der Waals surface area contributed by atoms with Crippen molar-refractivity contribution in [1.29, 1.82) is 0 Å². The summed E-state index contributed by atoms with van der Waals surface area (Å²) in [4.78, 5) is 76.1. The fourth-order valence-corrected chi connectivity index (χ4v) is 10.1. The van der Waals surface area contributed by atoms with Crippen LogP contribution < -0.4 is 16.4 Å². The molecule has 1 saturated heterocycles. The lowest BCUT2D eigenvalue weighted by atomic mass is 9.87. The summed E-state index contributed by atoms with van der Waals surface area (Å²) in [5, 5.41) is 26.8. The highest BCUT2D eigenvalue weighted by Crippen LogP contribution is 2.61. The molecule has 0 saturated carbocycles. The van der Waals surface area contributed by atoms with E-state index in [1.54, 1.807) is 11.8 Å². The molecule has 7 atom stereocenters. The summed E-state index contributed by atoms with van der Waals surface area (Å²) >= 11 is 1.76. The van der Waals surface area contributed by atoms with Gasteiger partial charge in [-0.2, -0.15) is 16.1 Å². The summed E-state index contributed by atoms with van der Waals surface area (Å²) in [5.41, 5.74) is 4.34. The van der Waals surface area contributed by atoms with Crippen LogP contribution in [0, 0.1) is 5.41 Å². The number of amides is 2. The number of fused-ring (bicyclic) bond motifs is 1. The van der Waals surface area contributed by atoms with Gasteiger partial charge in [0.2, 0.25) is 11.8 Å². The van der Waals surface area contributed by atoms with Crippen molar-refractivity contribution in [3.05, 3.63) is 24.8 Å². The normalized spacial score (nSPS) is 20.6. The van der Waals surface area contributed by atoms with Crippen LogP contribution >= 0.6 is 35.2 Å². The first-order chi connectivity index (χ1) is 30.2. The van der Waals surface area contributed by atoms with Crippen LogP contribution in [0.25, 0.3) is 11.2 Å². The summed E-state index contributed by atoms with van der Waals surface area (Å²) in [6.07, 6.45) is 12.8. The highest BCUT2D eigenvalue weighted by atomic mass is 32.2. The molecule has 1 aliphatic rings. The zero-order chi connectivity index (χ0) is 47.4. The number of carbonyl (C=O) groups is 2. The average Bonchev–Trinajstić information content (AvgIpc) is 3.78. The molecule has 0 radical (unpaired) electrons. The maximum Gasteiger partial charge on any atom is 0.481 e. The number of nitrogens with zero attached hydrogens (tertiary/aromatic N) is 4. The second-order valence-corrected chi connectivity index (χ2v) is 21.4. The Bertz CT molecular complexity index is 1920. The number of rotatable bonds is 33. The second kappa shape index (κ2) is 27.4. The highest BCUT2D eigenvalue weighted by Gasteiger charge is 2.50. The van der Waals surface area contributed by atoms with Crippen molar-refractivity contribution in [3.8, 4) is 0 Å². The SMILES string of the molecule is CCCCCC/C=C\CCCCCCCCSCCNC(=O)CCNC(=O)[C@H](O)C(C)(C)COP(=O)(O)OP(=O)(O)OC[C@H]1O[C@@H](n2cnc3c(N)ncnc32)[C@H](O)[C@@H]1OP(=O)(O)O. The number of hydrogen-bond donors (Lipinski definition) is 9. The topological polar surface area (TPSA) is 347 Å². The number of aliphatic hydroxyl groups excluding tert-OH is 2. The predicted octanol–water partition coefficient (Wildman–Crippen LogP) is 4.40. The van der Waals surface area contributed by atoms with Gasteiger partial charge in [-0.25, -0.2) is 28.6 Å². The first-order valence-electron chi connectivity index (χ1n) is 21.3. The van der Waals surface area contributed by atoms with Crippen molar-refractivity contribution in [2.75, 3.05) is 43.5 Å². The van der Waals surface area contributed by atoms with E-state index in [9.17, 15) is 53.1 Å². The number of phosphoric acid groups is 3. The van der Waals surface area contributed by atoms with Crippen LogP contribution in [0.4, 0.5) is 5.82 Å². The Morgan fingerprint density at radius 2 is 1.56 bits per heavy atom. The third-order valence-corrected chi connectivity index (χ3v) is 14.1. The van der Waals surface area contributed by atoms with E-state index in [4.69, 9.17) is 19.5 Å². The third kappa shape index (κ3) is 20.2. The molecule has 10 N–H and O–H groups in total. The van der Waals surface area contributed by atoms with Gasteiger partial charge in [0.1, 0.15) is 36.3 Å². The molecule has 0 spiro atoms. The first-order valence-corrected chi connectivity index (χ1v) is 27.0. The number of aliphatic hydroxyl groups is 2. The van der Waals surface area contributed by atoms with Crippen molar-refractivity contribution in [2.45, 2.75) is 135 Å². The van der Waals surface area contributed by atoms with E-state index in [-0.39, 0.29) is 35.9 Å². The number of aromatic nitrogens is 4. The minimum Gasteiger partial charge on any atom is -0.386 e. The van der Waals surface area contributed by atoms with Crippen LogP contribution in [-0.2, 0) is 45.9 Å². The molecule has 1 fully saturated rings. The number of hydrogen-bond acceptors (Lipinski definition) is 17. The summed E-state index contributed by atoms with van der Waals surface area (Å²) in [6, 6.07) is 0. The molecule has 3 heterocycles. The van der Waals surface area contributed by atoms with Crippen LogP contribution in [0.3, 0.4) is 0 Å². The van der Waals surface area contributed by atoms with Gasteiger partial charge in [-0.05, 0) is 37.9 Å². The van der Waals surface area contributed by atoms with Crippen molar-refractivity contribution in [2.24, 2.45) is 5.41 Å². The van der Waals surface area contributed by atoms with Gasteiger partial charge in [0.15, 0.2) is 17.7 Å². The lowest BCUT2D eigenvalue weighted by molar-refractivity contribution is -0.137. The van der Waals surface area contributed by atoms with Crippen molar-refractivity contribution >= 4 is 64.0 Å². The summed E-state index contributed by atoms with van der Waals surface area (Å²) in [6.45, 7) is 3.19. The molecule has 366 valence electrons. The third-order valence-electron chi connectivity index (χ3n) is 9.95. The molecular formula is C37H66N7O16P3S. The lowest BCUT2D eigenvalue weighted by Crippen LogP contribution is -2.46. The van der Waals surface area contributed by atoms with Gasteiger partial charge in [0.05, 0.1) is 19.5 Å². The number of nitrogens with two attached hydrogens (primary N) is 1. The van der Waals surface area contributed by atoms with Gasteiger partial charge in [-0.1, -0.05) is 77.9 Å². The second-order valence-electron chi connectivity index (χ2n) is 15.9. The number of phosphoric ester groups is 3. The number of carbonyl (C=O) groups excluding carboxylic acids is 2. The Balaban J connectivity index is 1.32. The number of ether oxygens (including phenoxy) is 1. The van der Waals surface area contributed by atoms with E-state index >= 15 is 0 Å². The average molecular weight is 990 g/mol. The number of nitrogens with one attached hydrogen (secondary N) is 2. The van der Waals surface area contributed by atoms with Crippen LogP contribution in [-0.4, -0.2) is 123 Å². The molecule has 23 nitrogen and oxygen atoms in total. The molecule has 2 aromatic heterocycles. The smallest absolute Gasteiger partial charge is 0.386 e. The minimum atomic E-state index is -5.55. The summed E-state index contributed by atoms with van der Waals surface area (Å²) < 4.78 is 62.4. The zero-order valence-electron chi connectivity index (χ0n) is 36.5. The molecule has 0 aromatic carbocycles. The van der Waals surface area contributed by atoms with E-state index in [2.05, 4.69) is 53.5 Å².